The van der Waals surface area contributed by atoms with E-state index in [1.807, 2.05) is 18.2 Å². The number of phenols is 1. The van der Waals surface area contributed by atoms with Crippen molar-refractivity contribution < 1.29 is 9.84 Å². The Labute approximate surface area is 139 Å². The molecule has 0 bridgehead atoms. The van der Waals surface area contributed by atoms with Crippen LogP contribution in [-0.4, -0.2) is 16.7 Å². The summed E-state index contributed by atoms with van der Waals surface area (Å²) in [6.07, 6.45) is 12.2. The molecule has 0 amide bonds. The highest BCUT2D eigenvalue weighted by atomic mass is 16.5. The molecule has 0 fully saturated rings. The van der Waals surface area contributed by atoms with E-state index in [0.717, 1.165) is 24.0 Å². The smallest absolute Gasteiger partial charge is 0.141 e. The molecule has 3 nitrogen and oxygen atoms in total. The van der Waals surface area contributed by atoms with Gasteiger partial charge in [-0.3, -0.25) is 4.98 Å². The van der Waals surface area contributed by atoms with E-state index in [0.29, 0.717) is 12.1 Å². The monoisotopic (exact) mass is 315 g/mol. The fraction of sp³-hybridized carbons (Fsp3) is 0.550. The largest absolute Gasteiger partial charge is 0.506 e. The highest BCUT2D eigenvalue weighted by Gasteiger charge is 2.05. The molecule has 0 spiro atoms. The molecule has 1 heterocycles. The maximum absolute atomic E-state index is 9.84. The molecule has 0 unspecified atom stereocenters. The van der Waals surface area contributed by atoms with Crippen LogP contribution in [0.4, 0.5) is 0 Å². The molecule has 126 valence electrons. The average molecular weight is 315 g/mol. The lowest BCUT2D eigenvalue weighted by molar-refractivity contribution is 0.117. The van der Waals surface area contributed by atoms with Crippen molar-refractivity contribution >= 4 is 10.9 Å². The Morgan fingerprint density at radius 2 is 1.70 bits per heavy atom. The fourth-order valence-electron chi connectivity index (χ4n) is 2.86. The highest BCUT2D eigenvalue weighted by Crippen LogP contribution is 2.25. The lowest BCUT2D eigenvalue weighted by Crippen LogP contribution is -1.97. The third-order valence-electron chi connectivity index (χ3n) is 4.24. The van der Waals surface area contributed by atoms with Crippen LogP contribution in [-0.2, 0) is 11.3 Å². The lowest BCUT2D eigenvalue weighted by Gasteiger charge is -2.08. The highest BCUT2D eigenvalue weighted by molar-refractivity contribution is 5.86. The Morgan fingerprint density at radius 1 is 0.957 bits per heavy atom. The van der Waals surface area contributed by atoms with Gasteiger partial charge in [0.25, 0.3) is 0 Å². The number of nitrogens with zero attached hydrogens (tertiary/aromatic N) is 1. The Kier molecular flexibility index (Phi) is 7.88. The summed E-state index contributed by atoms with van der Waals surface area (Å²) in [6.45, 7) is 3.64. The van der Waals surface area contributed by atoms with Gasteiger partial charge in [0.1, 0.15) is 11.3 Å². The SMILES string of the molecule is CCCCCCCCCCOCc1ccc(O)c2ncccc12. The minimum absolute atomic E-state index is 0.229. The number of benzene rings is 1. The van der Waals surface area contributed by atoms with Gasteiger partial charge in [-0.15, -0.1) is 0 Å². The van der Waals surface area contributed by atoms with Gasteiger partial charge in [-0.2, -0.15) is 0 Å². The zero-order chi connectivity index (χ0) is 16.3. The number of aromatic nitrogens is 1. The molecular formula is C20H29NO2. The summed E-state index contributed by atoms with van der Waals surface area (Å²) in [5.41, 5.74) is 1.74. The van der Waals surface area contributed by atoms with Gasteiger partial charge in [-0.05, 0) is 24.1 Å². The predicted octanol–water partition coefficient (Wildman–Crippen LogP) is 5.60. The van der Waals surface area contributed by atoms with Gasteiger partial charge in [0.15, 0.2) is 0 Å². The van der Waals surface area contributed by atoms with Crippen LogP contribution in [0, 0.1) is 0 Å². The number of pyridine rings is 1. The van der Waals surface area contributed by atoms with Crippen molar-refractivity contribution in [3.05, 3.63) is 36.0 Å². The van der Waals surface area contributed by atoms with Crippen LogP contribution >= 0.6 is 0 Å². The van der Waals surface area contributed by atoms with Crippen molar-refractivity contribution in [3.8, 4) is 5.75 Å². The topological polar surface area (TPSA) is 42.4 Å². The van der Waals surface area contributed by atoms with Gasteiger partial charge in [0, 0.05) is 18.2 Å². The fourth-order valence-corrected chi connectivity index (χ4v) is 2.86. The average Bonchev–Trinajstić information content (AvgIpc) is 2.58. The molecule has 0 aliphatic heterocycles. The first-order valence-corrected chi connectivity index (χ1v) is 8.96. The molecule has 2 aromatic rings. The lowest BCUT2D eigenvalue weighted by atomic mass is 10.1. The maximum Gasteiger partial charge on any atom is 0.141 e. The van der Waals surface area contributed by atoms with Gasteiger partial charge in [0.05, 0.1) is 6.61 Å². The molecule has 0 atom stereocenters. The van der Waals surface area contributed by atoms with Gasteiger partial charge in [-0.25, -0.2) is 0 Å². The van der Waals surface area contributed by atoms with Crippen molar-refractivity contribution in [3.63, 3.8) is 0 Å². The van der Waals surface area contributed by atoms with Crippen LogP contribution in [0.1, 0.15) is 63.9 Å². The molecule has 0 aliphatic rings. The third-order valence-corrected chi connectivity index (χ3v) is 4.24. The summed E-state index contributed by atoms with van der Waals surface area (Å²) in [5.74, 6) is 0.229. The first-order chi connectivity index (χ1) is 11.3. The first-order valence-electron chi connectivity index (χ1n) is 8.96. The number of hydrogen-bond donors (Lipinski definition) is 1. The van der Waals surface area contributed by atoms with Gasteiger partial charge < -0.3 is 9.84 Å². The number of hydrogen-bond acceptors (Lipinski definition) is 3. The molecule has 3 heteroatoms. The molecule has 0 saturated heterocycles. The summed E-state index contributed by atoms with van der Waals surface area (Å²) < 4.78 is 5.80. The van der Waals surface area contributed by atoms with E-state index in [1.54, 1.807) is 12.3 Å². The van der Waals surface area contributed by atoms with E-state index in [-0.39, 0.29) is 5.75 Å². The summed E-state index contributed by atoms with van der Waals surface area (Å²) in [4.78, 5) is 4.24. The number of phenolic OH excluding ortho intramolecular Hbond substituents is 1. The van der Waals surface area contributed by atoms with Crippen LogP contribution in [0.25, 0.3) is 10.9 Å². The number of ether oxygens (including phenoxy) is 1. The quantitative estimate of drug-likeness (QED) is 0.549. The Balaban J connectivity index is 1.65. The molecule has 0 radical (unpaired) electrons. The van der Waals surface area contributed by atoms with E-state index in [1.165, 1.54) is 44.9 Å². The Bertz CT molecular complexity index is 583. The summed E-state index contributed by atoms with van der Waals surface area (Å²) in [5, 5.41) is 10.8. The van der Waals surface area contributed by atoms with E-state index in [4.69, 9.17) is 4.74 Å². The normalized spacial score (nSPS) is 11.2. The molecule has 0 aliphatic carbocycles. The molecule has 2 rings (SSSR count). The first kappa shape index (κ1) is 17.7. The van der Waals surface area contributed by atoms with Crippen LogP contribution in [0.3, 0.4) is 0 Å². The molecular weight excluding hydrogens is 286 g/mol. The van der Waals surface area contributed by atoms with Gasteiger partial charge >= 0.3 is 0 Å². The van der Waals surface area contributed by atoms with E-state index in [9.17, 15) is 5.11 Å². The number of rotatable bonds is 11. The van der Waals surface area contributed by atoms with Crippen molar-refractivity contribution in [2.24, 2.45) is 0 Å². The van der Waals surface area contributed by atoms with Gasteiger partial charge in [-0.1, -0.05) is 64.0 Å². The van der Waals surface area contributed by atoms with Crippen LogP contribution < -0.4 is 0 Å². The summed E-state index contributed by atoms with van der Waals surface area (Å²) >= 11 is 0. The number of unbranched alkanes of at least 4 members (excludes halogenated alkanes) is 7. The van der Waals surface area contributed by atoms with E-state index in [2.05, 4.69) is 11.9 Å². The van der Waals surface area contributed by atoms with Crippen molar-refractivity contribution in [1.29, 1.82) is 0 Å². The second-order valence-corrected chi connectivity index (χ2v) is 6.17. The van der Waals surface area contributed by atoms with Crippen molar-refractivity contribution in [2.45, 2.75) is 64.9 Å². The molecule has 1 aromatic heterocycles. The molecule has 1 aromatic carbocycles. The van der Waals surface area contributed by atoms with Crippen LogP contribution in [0.2, 0.25) is 0 Å². The zero-order valence-corrected chi connectivity index (χ0v) is 14.3. The number of fused-ring (bicyclic) bond motifs is 1. The standard InChI is InChI=1S/C20H29NO2/c1-2-3-4-5-6-7-8-9-15-23-16-17-12-13-19(22)20-18(17)11-10-14-21-20/h10-14,22H,2-9,15-16H2,1H3. The third kappa shape index (κ3) is 5.83. The van der Waals surface area contributed by atoms with Crippen LogP contribution in [0.5, 0.6) is 5.75 Å². The minimum atomic E-state index is 0.229. The van der Waals surface area contributed by atoms with E-state index < -0.39 is 0 Å². The second kappa shape index (κ2) is 10.2. The Morgan fingerprint density at radius 3 is 2.48 bits per heavy atom. The summed E-state index contributed by atoms with van der Waals surface area (Å²) in [7, 11) is 0. The van der Waals surface area contributed by atoms with Crippen molar-refractivity contribution in [1.82, 2.24) is 4.98 Å². The zero-order valence-electron chi connectivity index (χ0n) is 14.3. The molecule has 23 heavy (non-hydrogen) atoms. The molecule has 0 saturated carbocycles. The van der Waals surface area contributed by atoms with Crippen LogP contribution in [0.15, 0.2) is 30.5 Å². The predicted molar refractivity (Wildman–Crippen MR) is 95.7 cm³/mol. The van der Waals surface area contributed by atoms with E-state index >= 15 is 0 Å². The van der Waals surface area contributed by atoms with Gasteiger partial charge in [0.2, 0.25) is 0 Å². The van der Waals surface area contributed by atoms with Crippen molar-refractivity contribution in [2.75, 3.05) is 6.61 Å². The number of aromatic hydroxyl groups is 1. The molecule has 1 N–H and O–H groups in total. The Hall–Kier alpha value is -1.61. The second-order valence-electron chi connectivity index (χ2n) is 6.17. The minimum Gasteiger partial charge on any atom is -0.506 e. The maximum atomic E-state index is 9.84. The summed E-state index contributed by atoms with van der Waals surface area (Å²) in [6, 6.07) is 7.50.